The number of methoxy groups -OCH3 is 2. The molecule has 0 radical (unpaired) electrons. The van der Waals surface area contributed by atoms with Gasteiger partial charge in [-0.25, -0.2) is 0 Å². The highest BCUT2D eigenvalue weighted by Crippen LogP contribution is 2.32. The summed E-state index contributed by atoms with van der Waals surface area (Å²) in [6.07, 6.45) is 2.00. The summed E-state index contributed by atoms with van der Waals surface area (Å²) in [5.41, 5.74) is 4.40. The van der Waals surface area contributed by atoms with Crippen molar-refractivity contribution in [3.8, 4) is 22.6 Å². The van der Waals surface area contributed by atoms with Crippen LogP contribution >= 0.6 is 11.6 Å². The predicted molar refractivity (Wildman–Crippen MR) is 116 cm³/mol. The van der Waals surface area contributed by atoms with Gasteiger partial charge in [-0.05, 0) is 43.2 Å². The number of hydrogen-bond acceptors (Lipinski definition) is 3. The van der Waals surface area contributed by atoms with E-state index in [1.165, 1.54) is 0 Å². The van der Waals surface area contributed by atoms with E-state index >= 15 is 0 Å². The molecule has 29 heavy (non-hydrogen) atoms. The maximum atomic E-state index is 13.2. The van der Waals surface area contributed by atoms with Crippen LogP contribution in [0.5, 0.6) is 11.5 Å². The zero-order chi connectivity index (χ0) is 21.0. The summed E-state index contributed by atoms with van der Waals surface area (Å²) in [6, 6.07) is 13.2. The quantitative estimate of drug-likeness (QED) is 0.588. The number of carbonyl (C=O) groups excluding carboxylic acids is 1. The largest absolute Gasteiger partial charge is 0.493 e. The molecule has 1 heterocycles. The first-order valence-corrected chi connectivity index (χ1v) is 9.81. The number of hydrogen-bond donors (Lipinski definition) is 1. The molecule has 6 heteroatoms. The van der Waals surface area contributed by atoms with Crippen molar-refractivity contribution in [3.63, 3.8) is 0 Å². The number of benzene rings is 2. The lowest BCUT2D eigenvalue weighted by Gasteiger charge is -2.14. The lowest BCUT2D eigenvalue weighted by Crippen LogP contribution is -2.26. The van der Waals surface area contributed by atoms with Gasteiger partial charge in [0.15, 0.2) is 11.5 Å². The monoisotopic (exact) mass is 412 g/mol. The molecule has 0 saturated heterocycles. The Bertz CT molecular complexity index is 1010. The molecule has 0 spiro atoms. The van der Waals surface area contributed by atoms with E-state index in [0.717, 1.165) is 22.3 Å². The molecule has 1 aromatic heterocycles. The van der Waals surface area contributed by atoms with Gasteiger partial charge in [0.1, 0.15) is 5.69 Å². The summed E-state index contributed by atoms with van der Waals surface area (Å²) in [4.78, 5) is 13.2. The molecule has 152 valence electrons. The molecule has 1 N–H and O–H groups in total. The number of carbonyl (C=O) groups is 1. The number of para-hydroxylation sites is 1. The Morgan fingerprint density at radius 2 is 1.83 bits per heavy atom. The molecule has 5 nitrogen and oxygen atoms in total. The number of aryl methyl sites for hydroxylation is 2. The lowest BCUT2D eigenvalue weighted by atomic mass is 10.0. The number of amides is 1. The number of nitrogens with one attached hydrogen (secondary N) is 1. The molecule has 3 aromatic rings. The Balaban J connectivity index is 1.93. The van der Waals surface area contributed by atoms with E-state index in [9.17, 15) is 4.79 Å². The molecular weight excluding hydrogens is 388 g/mol. The van der Waals surface area contributed by atoms with Crippen molar-refractivity contribution in [1.29, 1.82) is 0 Å². The van der Waals surface area contributed by atoms with E-state index in [1.807, 2.05) is 67.1 Å². The van der Waals surface area contributed by atoms with Crippen molar-refractivity contribution in [2.75, 3.05) is 14.2 Å². The fourth-order valence-corrected chi connectivity index (χ4v) is 3.65. The van der Waals surface area contributed by atoms with Crippen LogP contribution in [0.25, 0.3) is 11.1 Å². The number of halogens is 1. The zero-order valence-corrected chi connectivity index (χ0v) is 17.8. The van der Waals surface area contributed by atoms with Gasteiger partial charge in [0.2, 0.25) is 0 Å². The van der Waals surface area contributed by atoms with E-state index in [-0.39, 0.29) is 5.91 Å². The fraction of sp³-hybridized carbons (Fsp3) is 0.261. The SMILES string of the molecule is CCn1cc(C)c(-c2ccc(Cl)cc2)c1C(=O)NCc1cccc(OC)c1OC. The van der Waals surface area contributed by atoms with Crippen LogP contribution in [0, 0.1) is 6.92 Å². The van der Waals surface area contributed by atoms with Crippen molar-refractivity contribution >= 4 is 17.5 Å². The Hall–Kier alpha value is -2.92. The standard InChI is InChI=1S/C23H25ClN2O3/c1-5-26-14-15(2)20(16-9-11-18(24)12-10-16)21(26)23(27)25-13-17-7-6-8-19(28-3)22(17)29-4/h6-12,14H,5,13H2,1-4H3,(H,25,27). The molecule has 0 saturated carbocycles. The smallest absolute Gasteiger partial charge is 0.268 e. The average molecular weight is 413 g/mol. The maximum Gasteiger partial charge on any atom is 0.268 e. The van der Waals surface area contributed by atoms with Crippen molar-refractivity contribution in [1.82, 2.24) is 9.88 Å². The van der Waals surface area contributed by atoms with Gasteiger partial charge in [-0.2, -0.15) is 0 Å². The summed E-state index contributed by atoms with van der Waals surface area (Å²) in [5.74, 6) is 1.11. The number of nitrogens with zero attached hydrogens (tertiary/aromatic N) is 1. The van der Waals surface area contributed by atoms with Crippen molar-refractivity contribution in [2.45, 2.75) is 26.9 Å². The van der Waals surface area contributed by atoms with Crippen LogP contribution < -0.4 is 14.8 Å². The van der Waals surface area contributed by atoms with Crippen molar-refractivity contribution in [3.05, 3.63) is 70.5 Å². The van der Waals surface area contributed by atoms with Crippen LogP contribution in [0.4, 0.5) is 0 Å². The summed E-state index contributed by atoms with van der Waals surface area (Å²) >= 11 is 6.04. The number of aromatic nitrogens is 1. The second-order valence-electron chi connectivity index (χ2n) is 6.66. The van der Waals surface area contributed by atoms with Gasteiger partial charge in [0, 0.05) is 35.4 Å². The second-order valence-corrected chi connectivity index (χ2v) is 7.10. The molecule has 0 atom stereocenters. The molecule has 0 fully saturated rings. The zero-order valence-electron chi connectivity index (χ0n) is 17.1. The molecule has 0 unspecified atom stereocenters. The van der Waals surface area contributed by atoms with Crippen LogP contribution in [0.3, 0.4) is 0 Å². The van der Waals surface area contributed by atoms with E-state index in [1.54, 1.807) is 14.2 Å². The van der Waals surface area contributed by atoms with E-state index in [4.69, 9.17) is 21.1 Å². The molecule has 1 amide bonds. The van der Waals surface area contributed by atoms with Crippen molar-refractivity contribution in [2.24, 2.45) is 0 Å². The molecular formula is C23H25ClN2O3. The Morgan fingerprint density at radius 3 is 2.45 bits per heavy atom. The van der Waals surface area contributed by atoms with Gasteiger partial charge in [0.05, 0.1) is 14.2 Å². The highest BCUT2D eigenvalue weighted by molar-refractivity contribution is 6.30. The minimum atomic E-state index is -0.144. The molecule has 0 aliphatic heterocycles. The van der Waals surface area contributed by atoms with E-state index in [2.05, 4.69) is 5.32 Å². The lowest BCUT2D eigenvalue weighted by molar-refractivity contribution is 0.0942. The third-order valence-corrected chi connectivity index (χ3v) is 5.13. The van der Waals surface area contributed by atoms with Gasteiger partial charge in [-0.3, -0.25) is 4.79 Å². The molecule has 3 rings (SSSR count). The van der Waals surface area contributed by atoms with Gasteiger partial charge in [-0.15, -0.1) is 0 Å². The minimum Gasteiger partial charge on any atom is -0.493 e. The maximum absolute atomic E-state index is 13.2. The average Bonchev–Trinajstić information content (AvgIpc) is 3.08. The van der Waals surface area contributed by atoms with Crippen LogP contribution in [0.1, 0.15) is 28.5 Å². The molecule has 0 aliphatic carbocycles. The predicted octanol–water partition coefficient (Wildman–Crippen LogP) is 5.08. The van der Waals surface area contributed by atoms with Crippen LogP contribution in [-0.4, -0.2) is 24.7 Å². The van der Waals surface area contributed by atoms with Gasteiger partial charge >= 0.3 is 0 Å². The Morgan fingerprint density at radius 1 is 1.10 bits per heavy atom. The Labute approximate surface area is 176 Å². The van der Waals surface area contributed by atoms with Crippen molar-refractivity contribution < 1.29 is 14.3 Å². The van der Waals surface area contributed by atoms with Crippen LogP contribution in [-0.2, 0) is 13.1 Å². The Kier molecular flexibility index (Phi) is 6.49. The first kappa shape index (κ1) is 20.8. The summed E-state index contributed by atoms with van der Waals surface area (Å²) in [7, 11) is 3.18. The van der Waals surface area contributed by atoms with Gasteiger partial charge in [0.25, 0.3) is 5.91 Å². The summed E-state index contributed by atoms with van der Waals surface area (Å²) in [6.45, 7) is 5.05. The van der Waals surface area contributed by atoms with Crippen LogP contribution in [0.2, 0.25) is 5.02 Å². The van der Waals surface area contributed by atoms with E-state index in [0.29, 0.717) is 35.3 Å². The normalized spacial score (nSPS) is 10.7. The van der Waals surface area contributed by atoms with Crippen LogP contribution in [0.15, 0.2) is 48.7 Å². The molecule has 0 aliphatic rings. The third kappa shape index (κ3) is 4.25. The second kappa shape index (κ2) is 9.05. The minimum absolute atomic E-state index is 0.144. The fourth-order valence-electron chi connectivity index (χ4n) is 3.52. The molecule has 0 bridgehead atoms. The number of ether oxygens (including phenoxy) is 2. The third-order valence-electron chi connectivity index (χ3n) is 4.88. The van der Waals surface area contributed by atoms with Gasteiger partial charge in [-0.1, -0.05) is 35.9 Å². The highest BCUT2D eigenvalue weighted by atomic mass is 35.5. The first-order valence-electron chi connectivity index (χ1n) is 9.43. The molecule has 2 aromatic carbocycles. The topological polar surface area (TPSA) is 52.5 Å². The first-order chi connectivity index (χ1) is 14.0. The summed E-state index contributed by atoms with van der Waals surface area (Å²) < 4.78 is 12.8. The van der Waals surface area contributed by atoms with Gasteiger partial charge < -0.3 is 19.4 Å². The van der Waals surface area contributed by atoms with E-state index < -0.39 is 0 Å². The highest BCUT2D eigenvalue weighted by Gasteiger charge is 2.21. The summed E-state index contributed by atoms with van der Waals surface area (Å²) in [5, 5.41) is 3.69. The number of rotatable bonds is 7.